The van der Waals surface area contributed by atoms with Crippen LogP contribution < -0.4 is 10.1 Å². The van der Waals surface area contributed by atoms with E-state index in [0.29, 0.717) is 5.56 Å². The molecule has 0 amide bonds. The van der Waals surface area contributed by atoms with E-state index in [-0.39, 0.29) is 12.4 Å². The van der Waals surface area contributed by atoms with E-state index in [0.717, 1.165) is 54.9 Å². The minimum absolute atomic E-state index is 0.225. The smallest absolute Gasteiger partial charge is 0.129 e. The van der Waals surface area contributed by atoms with Gasteiger partial charge in [-0.05, 0) is 56.9 Å². The van der Waals surface area contributed by atoms with Gasteiger partial charge in [-0.15, -0.1) is 0 Å². The molecule has 2 rings (SSSR count). The Balaban J connectivity index is 1.87. The molecule has 0 fully saturated rings. The molecule has 0 unspecified atom stereocenters. The molecule has 2 aromatic carbocycles. The molecular formula is C21H28BrFN2O. The summed E-state index contributed by atoms with van der Waals surface area (Å²) in [5.41, 5.74) is 1.63. The normalized spacial score (nSPS) is 11.1. The summed E-state index contributed by atoms with van der Waals surface area (Å²) in [7, 11) is 0. The third-order valence-electron chi connectivity index (χ3n) is 4.40. The lowest BCUT2D eigenvalue weighted by Crippen LogP contribution is -2.27. The molecule has 2 aromatic rings. The second-order valence-electron chi connectivity index (χ2n) is 6.19. The lowest BCUT2D eigenvalue weighted by Gasteiger charge is -2.18. The predicted octanol–water partition coefficient (Wildman–Crippen LogP) is 4.99. The molecule has 0 bridgehead atoms. The fourth-order valence-corrected chi connectivity index (χ4v) is 3.20. The van der Waals surface area contributed by atoms with E-state index < -0.39 is 0 Å². The maximum atomic E-state index is 13.8. The molecule has 0 aliphatic carbocycles. The highest BCUT2D eigenvalue weighted by Gasteiger charge is 2.07. The third kappa shape index (κ3) is 6.71. The van der Waals surface area contributed by atoms with Crippen LogP contribution >= 0.6 is 15.9 Å². The molecular weight excluding hydrogens is 395 g/mol. The summed E-state index contributed by atoms with van der Waals surface area (Å²) < 4.78 is 20.7. The van der Waals surface area contributed by atoms with Gasteiger partial charge in [0.2, 0.25) is 0 Å². The molecule has 3 nitrogen and oxygen atoms in total. The minimum Gasteiger partial charge on any atom is -0.488 e. The van der Waals surface area contributed by atoms with E-state index in [4.69, 9.17) is 4.74 Å². The monoisotopic (exact) mass is 422 g/mol. The molecule has 26 heavy (non-hydrogen) atoms. The number of halogens is 2. The zero-order valence-corrected chi connectivity index (χ0v) is 17.2. The van der Waals surface area contributed by atoms with Gasteiger partial charge >= 0.3 is 0 Å². The fraction of sp³-hybridized carbons (Fsp3) is 0.429. The zero-order chi connectivity index (χ0) is 18.8. The minimum atomic E-state index is -0.235. The van der Waals surface area contributed by atoms with Crippen LogP contribution in [0.15, 0.2) is 46.9 Å². The quantitative estimate of drug-likeness (QED) is 0.516. The number of hydrogen-bond acceptors (Lipinski definition) is 3. The van der Waals surface area contributed by atoms with Crippen LogP contribution in [0.1, 0.15) is 31.4 Å². The number of nitrogens with one attached hydrogen (secondary N) is 1. The molecule has 1 N–H and O–H groups in total. The van der Waals surface area contributed by atoms with Crippen molar-refractivity contribution in [2.75, 3.05) is 26.2 Å². The van der Waals surface area contributed by atoms with E-state index >= 15 is 0 Å². The Labute approximate surface area is 164 Å². The molecule has 0 atom stereocenters. The summed E-state index contributed by atoms with van der Waals surface area (Å²) in [6.45, 7) is 9.58. The van der Waals surface area contributed by atoms with E-state index in [2.05, 4.69) is 40.0 Å². The second kappa shape index (κ2) is 11.3. The summed E-state index contributed by atoms with van der Waals surface area (Å²) in [5, 5.41) is 3.48. The van der Waals surface area contributed by atoms with Crippen LogP contribution in [0.25, 0.3) is 0 Å². The van der Waals surface area contributed by atoms with Gasteiger partial charge in [-0.2, -0.15) is 0 Å². The lowest BCUT2D eigenvalue weighted by atomic mass is 10.2. The molecule has 5 heteroatoms. The van der Waals surface area contributed by atoms with Gasteiger partial charge in [-0.1, -0.05) is 48.0 Å². The Kier molecular flexibility index (Phi) is 9.09. The number of nitrogens with zero attached hydrogens (tertiary/aromatic N) is 1. The molecule has 0 aromatic heterocycles. The molecule has 0 aliphatic heterocycles. The Hall–Kier alpha value is -1.43. The third-order valence-corrected chi connectivity index (χ3v) is 4.89. The van der Waals surface area contributed by atoms with Gasteiger partial charge in [0.1, 0.15) is 18.2 Å². The first-order valence-corrected chi connectivity index (χ1v) is 10.0. The highest BCUT2D eigenvalue weighted by atomic mass is 79.9. The van der Waals surface area contributed by atoms with Crippen LogP contribution in [-0.4, -0.2) is 31.1 Å². The number of benzene rings is 2. The molecule has 0 heterocycles. The van der Waals surface area contributed by atoms with Crippen LogP contribution in [-0.2, 0) is 13.2 Å². The first kappa shape index (κ1) is 20.9. The summed E-state index contributed by atoms with van der Waals surface area (Å²) >= 11 is 3.51. The maximum Gasteiger partial charge on any atom is 0.129 e. The van der Waals surface area contributed by atoms with Gasteiger partial charge < -0.3 is 15.0 Å². The van der Waals surface area contributed by atoms with Crippen molar-refractivity contribution in [1.29, 1.82) is 0 Å². The van der Waals surface area contributed by atoms with Gasteiger partial charge in [-0.3, -0.25) is 0 Å². The highest BCUT2D eigenvalue weighted by Crippen LogP contribution is 2.24. The SMILES string of the molecule is CCN(CC)CCCNCc1cc(Br)ccc1OCc1ccccc1F. The van der Waals surface area contributed by atoms with E-state index in [1.807, 2.05) is 24.3 Å². The molecule has 0 spiro atoms. The first-order valence-electron chi connectivity index (χ1n) is 9.21. The van der Waals surface area contributed by atoms with Crippen molar-refractivity contribution in [3.63, 3.8) is 0 Å². The van der Waals surface area contributed by atoms with Crippen molar-refractivity contribution in [3.8, 4) is 5.75 Å². The van der Waals surface area contributed by atoms with Crippen molar-refractivity contribution in [3.05, 3.63) is 63.9 Å². The summed E-state index contributed by atoms with van der Waals surface area (Å²) in [6, 6.07) is 12.6. The van der Waals surface area contributed by atoms with Gasteiger partial charge in [-0.25, -0.2) is 4.39 Å². The van der Waals surface area contributed by atoms with Gasteiger partial charge in [0.15, 0.2) is 0 Å². The van der Waals surface area contributed by atoms with Crippen molar-refractivity contribution in [2.24, 2.45) is 0 Å². The highest BCUT2D eigenvalue weighted by molar-refractivity contribution is 9.10. The van der Waals surface area contributed by atoms with Crippen LogP contribution in [0, 0.1) is 5.82 Å². The second-order valence-corrected chi connectivity index (χ2v) is 7.11. The molecule has 0 saturated heterocycles. The predicted molar refractivity (Wildman–Crippen MR) is 109 cm³/mol. The number of rotatable bonds is 11. The largest absolute Gasteiger partial charge is 0.488 e. The summed E-state index contributed by atoms with van der Waals surface area (Å²) in [6.07, 6.45) is 1.11. The van der Waals surface area contributed by atoms with Crippen molar-refractivity contribution in [2.45, 2.75) is 33.4 Å². The van der Waals surface area contributed by atoms with E-state index in [1.54, 1.807) is 12.1 Å². The van der Waals surface area contributed by atoms with Crippen LogP contribution in [0.2, 0.25) is 0 Å². The summed E-state index contributed by atoms with van der Waals surface area (Å²) in [5.74, 6) is 0.549. The maximum absolute atomic E-state index is 13.8. The standard InChI is InChI=1S/C21H28BrFN2O/c1-3-25(4-2)13-7-12-24-15-18-14-19(22)10-11-21(18)26-16-17-8-5-6-9-20(17)23/h5-6,8-11,14,24H,3-4,7,12-13,15-16H2,1-2H3. The Morgan fingerprint density at radius 3 is 2.58 bits per heavy atom. The topological polar surface area (TPSA) is 24.5 Å². The van der Waals surface area contributed by atoms with Gasteiger partial charge in [0.25, 0.3) is 0 Å². The number of hydrogen-bond donors (Lipinski definition) is 1. The first-order chi connectivity index (χ1) is 12.6. The molecule has 0 aliphatic rings. The Bertz CT molecular complexity index is 677. The van der Waals surface area contributed by atoms with Crippen LogP contribution in [0.3, 0.4) is 0 Å². The van der Waals surface area contributed by atoms with Crippen molar-refractivity contribution < 1.29 is 9.13 Å². The summed E-state index contributed by atoms with van der Waals surface area (Å²) in [4.78, 5) is 2.42. The molecule has 0 radical (unpaired) electrons. The average Bonchev–Trinajstić information content (AvgIpc) is 2.65. The average molecular weight is 423 g/mol. The lowest BCUT2D eigenvalue weighted by molar-refractivity contribution is 0.293. The zero-order valence-electron chi connectivity index (χ0n) is 15.6. The fourth-order valence-electron chi connectivity index (χ4n) is 2.79. The number of ether oxygens (including phenoxy) is 1. The van der Waals surface area contributed by atoms with E-state index in [1.165, 1.54) is 6.07 Å². The van der Waals surface area contributed by atoms with Crippen LogP contribution in [0.5, 0.6) is 5.75 Å². The molecule has 0 saturated carbocycles. The van der Waals surface area contributed by atoms with Crippen LogP contribution in [0.4, 0.5) is 4.39 Å². The Morgan fingerprint density at radius 2 is 1.85 bits per heavy atom. The van der Waals surface area contributed by atoms with E-state index in [9.17, 15) is 4.39 Å². The van der Waals surface area contributed by atoms with Crippen molar-refractivity contribution >= 4 is 15.9 Å². The van der Waals surface area contributed by atoms with Crippen molar-refractivity contribution in [1.82, 2.24) is 10.2 Å². The van der Waals surface area contributed by atoms with Gasteiger partial charge in [0.05, 0.1) is 0 Å². The molecule has 142 valence electrons. The van der Waals surface area contributed by atoms with Gasteiger partial charge in [0, 0.05) is 22.1 Å². The Morgan fingerprint density at radius 1 is 1.08 bits per heavy atom.